The lowest BCUT2D eigenvalue weighted by molar-refractivity contribution is -0.583. The number of nitrogen functional groups attached to an aromatic ring is 1. The van der Waals surface area contributed by atoms with Gasteiger partial charge in [-0.05, 0) is 140 Å². The van der Waals surface area contributed by atoms with Gasteiger partial charge in [0, 0.05) is 27.3 Å². The first-order valence-corrected chi connectivity index (χ1v) is 26.1. The number of nitrogens with zero attached hydrogens (tertiary/aromatic N) is 2. The van der Waals surface area contributed by atoms with Crippen molar-refractivity contribution in [3.05, 3.63) is 91.5 Å². The van der Waals surface area contributed by atoms with E-state index < -0.39 is 111 Å². The minimum atomic E-state index is -1.84. The van der Waals surface area contributed by atoms with Crippen molar-refractivity contribution in [2.75, 3.05) is 57.7 Å². The third-order valence-electron chi connectivity index (χ3n) is 8.21. The number of carbonyl (C=O) groups is 9. The molecule has 7 N–H and O–H groups in total. The molecular weight excluding hydrogens is 1150 g/mol. The van der Waals surface area contributed by atoms with Crippen LogP contribution in [0.1, 0.15) is 165 Å². The number of hydrogen-bond donors (Lipinski definition) is 6. The fourth-order valence-corrected chi connectivity index (χ4v) is 5.32. The fraction of sp³-hybridized carbons (Fsp3) is 0.589. The number of carboxylic acids is 4. The van der Waals surface area contributed by atoms with E-state index >= 15 is 0 Å². The Morgan fingerprint density at radius 2 is 0.759 bits per heavy atom. The monoisotopic (exact) mass is 1240 g/mol. The molecule has 29 nitrogen and oxygen atoms in total. The molecule has 1 amide bonds. The smallest absolute Gasteiger partial charge is 0.412 e. The van der Waals surface area contributed by atoms with Crippen LogP contribution in [-0.4, -0.2) is 180 Å². The number of hydrogen-bond acceptors (Lipinski definition) is 22. The summed E-state index contributed by atoms with van der Waals surface area (Å²) >= 11 is 0. The third kappa shape index (κ3) is 51.9. The lowest BCUT2D eigenvalue weighted by Crippen LogP contribution is -2.51. The number of nitrogens with one attached hydrogen (secondary N) is 1. The number of carboxylic acid groups (broad SMARTS) is 4. The van der Waals surface area contributed by atoms with Crippen LogP contribution in [0.15, 0.2) is 49.1 Å². The number of benzene rings is 2. The standard InChI is InChI=1S/C25H45NO11.C13H15NO6.C8H7NO4.C7H12O2.2CH3B.CH3NO2/c1-22(2,3)35-19(27)10-13-32-16-25(26(30)31,17-33-14-11-20(28)36-23(4,5)6)18-34-15-12-21(29)37-24(7,8)9;1-13(2,3)20-12(19)14-9-5-7(10(15)16)4-8(6-9)11(17)18;9-6-2-4(7(10)11)1-5(3-6)8(12)13;1-5-6(8)9-7(2,3)4;2*1-2;1-2(3)4/h10-18H2,1-9H3;4-6H,1-3H3,(H,14,19)(H,15,16)(H,17,18);1-3H,9H2,(H,10,11)(H,12,13);5H,1H2,2-4H3;2*1H3;1H3. The van der Waals surface area contributed by atoms with E-state index in [0.717, 1.165) is 37.4 Å². The van der Waals surface area contributed by atoms with E-state index in [1.165, 1.54) is 25.8 Å². The summed E-state index contributed by atoms with van der Waals surface area (Å²) in [4.78, 5) is 120. The molecule has 0 saturated heterocycles. The first-order valence-electron chi connectivity index (χ1n) is 26.1. The number of anilines is 2. The van der Waals surface area contributed by atoms with Crippen LogP contribution in [0.5, 0.6) is 0 Å². The van der Waals surface area contributed by atoms with Gasteiger partial charge in [0.1, 0.15) is 47.8 Å². The molecule has 0 atom stereocenters. The number of esters is 4. The summed E-state index contributed by atoms with van der Waals surface area (Å²) in [7, 11) is 9.89. The topological polar surface area (TPSA) is 433 Å². The summed E-state index contributed by atoms with van der Waals surface area (Å²) in [6.07, 6.45) is 0.0834. The average Bonchev–Trinajstić information content (AvgIpc) is 3.29. The molecule has 2 rings (SSSR count). The summed E-state index contributed by atoms with van der Waals surface area (Å²) in [6.45, 7) is 30.7. The maximum Gasteiger partial charge on any atom is 0.412 e. The highest BCUT2D eigenvalue weighted by Crippen LogP contribution is 2.19. The van der Waals surface area contributed by atoms with Gasteiger partial charge in [-0.3, -0.25) is 39.9 Å². The maximum atomic E-state index is 12.1. The summed E-state index contributed by atoms with van der Waals surface area (Å²) < 4.78 is 41.8. The average molecular weight is 1240 g/mol. The second-order valence-electron chi connectivity index (χ2n) is 22.3. The minimum Gasteiger partial charge on any atom is -0.478 e. The molecule has 0 heterocycles. The number of ether oxygens (including phenoxy) is 8. The van der Waals surface area contributed by atoms with Crippen LogP contribution in [-0.2, 0) is 57.1 Å². The van der Waals surface area contributed by atoms with Crippen molar-refractivity contribution in [2.24, 2.45) is 0 Å². The van der Waals surface area contributed by atoms with Crippen LogP contribution in [0.3, 0.4) is 0 Å². The number of nitrogens with two attached hydrogens (primary N) is 1. The van der Waals surface area contributed by atoms with Gasteiger partial charge in [0.15, 0.2) is 7.05 Å². The molecule has 0 spiro atoms. The van der Waals surface area contributed by atoms with E-state index in [9.17, 15) is 53.3 Å². The predicted molar refractivity (Wildman–Crippen MR) is 321 cm³/mol. The zero-order valence-electron chi connectivity index (χ0n) is 53.1. The molecule has 0 unspecified atom stereocenters. The van der Waals surface area contributed by atoms with Gasteiger partial charge in [-0.1, -0.05) is 20.2 Å². The lowest BCUT2D eigenvalue weighted by atomic mass is 10.0. The zero-order valence-corrected chi connectivity index (χ0v) is 53.1. The fourth-order valence-electron chi connectivity index (χ4n) is 5.32. The Kier molecular flexibility index (Phi) is 42.9. The molecule has 2 aromatic rings. The van der Waals surface area contributed by atoms with Gasteiger partial charge < -0.3 is 64.1 Å². The Balaban J connectivity index is -0.000000371. The van der Waals surface area contributed by atoms with E-state index in [2.05, 4.69) is 27.6 Å². The molecule has 0 fully saturated rings. The van der Waals surface area contributed by atoms with Crippen molar-refractivity contribution in [3.8, 4) is 0 Å². The van der Waals surface area contributed by atoms with E-state index in [4.69, 9.17) is 74.2 Å². The molecule has 0 aliphatic rings. The highest BCUT2D eigenvalue weighted by Gasteiger charge is 2.45. The van der Waals surface area contributed by atoms with Crippen molar-refractivity contribution in [2.45, 2.75) is 170 Å². The van der Waals surface area contributed by atoms with Crippen LogP contribution in [0.4, 0.5) is 16.2 Å². The van der Waals surface area contributed by atoms with E-state index in [1.807, 2.05) is 20.8 Å². The van der Waals surface area contributed by atoms with Gasteiger partial charge >= 0.3 is 53.8 Å². The zero-order chi connectivity index (χ0) is 69.5. The lowest BCUT2D eigenvalue weighted by Gasteiger charge is -2.25. The van der Waals surface area contributed by atoms with Crippen molar-refractivity contribution in [1.29, 1.82) is 0 Å². The molecule has 0 aliphatic heterocycles. The highest BCUT2D eigenvalue weighted by atomic mass is 16.7. The predicted octanol–water partition coefficient (Wildman–Crippen LogP) is 8.16. The summed E-state index contributed by atoms with van der Waals surface area (Å²) in [5, 5.41) is 58.1. The van der Waals surface area contributed by atoms with Gasteiger partial charge in [-0.15, -0.1) is 0 Å². The number of amides is 1. The van der Waals surface area contributed by atoms with Gasteiger partial charge in [0.25, 0.3) is 5.54 Å². The summed E-state index contributed by atoms with van der Waals surface area (Å²) in [5.41, 5.74) is -0.202. The number of carbonyl (C=O) groups excluding carboxylic acids is 5. The number of nitro groups is 2. The van der Waals surface area contributed by atoms with Crippen LogP contribution in [0.2, 0.25) is 13.6 Å². The Hall–Kier alpha value is -8.18. The molecule has 488 valence electrons. The Labute approximate surface area is 510 Å². The molecule has 87 heavy (non-hydrogen) atoms. The van der Waals surface area contributed by atoms with Crippen LogP contribution >= 0.6 is 0 Å². The van der Waals surface area contributed by atoms with E-state index in [-0.39, 0.29) is 78.7 Å². The molecule has 0 saturated carbocycles. The quantitative estimate of drug-likeness (QED) is 0.00945. The molecule has 0 bridgehead atoms. The van der Waals surface area contributed by atoms with E-state index in [0.29, 0.717) is 0 Å². The van der Waals surface area contributed by atoms with Gasteiger partial charge in [0.2, 0.25) is 0 Å². The van der Waals surface area contributed by atoms with E-state index in [1.54, 1.807) is 83.1 Å². The molecule has 0 aromatic heterocycles. The Bertz CT molecular complexity index is 2380. The SMILES string of the molecule is C=CC(=O)OC(C)(C)C.CC(C)(C)OC(=O)CCOCC(COCCC(=O)OC(C)(C)C)(COCCC(=O)OC(C)(C)C)[N+](=O)[O-].CC(C)(C)OC(=O)Nc1cc(C(=O)O)cc(C(=O)O)c1.C[N+](=O)[O-].Nc1cc(C(=O)O)cc(C(=O)O)c1.[B]C.[B]C. The highest BCUT2D eigenvalue weighted by molar-refractivity contribution is 6.05. The first-order chi connectivity index (χ1) is 39.5. The van der Waals surface area contributed by atoms with Gasteiger partial charge in [-0.2, -0.15) is 0 Å². The van der Waals surface area contributed by atoms with Crippen LogP contribution in [0, 0.1) is 20.2 Å². The van der Waals surface area contributed by atoms with Crippen molar-refractivity contribution >= 4 is 80.9 Å². The first kappa shape index (κ1) is 87.6. The third-order valence-corrected chi connectivity index (χ3v) is 8.21. The van der Waals surface area contributed by atoms with Crippen molar-refractivity contribution < 1.29 is 111 Å². The summed E-state index contributed by atoms with van der Waals surface area (Å²) in [5.74, 6) is -6.85. The van der Waals surface area contributed by atoms with Crippen molar-refractivity contribution in [3.63, 3.8) is 0 Å². The minimum absolute atomic E-state index is 0.0385. The molecule has 2 aromatic carbocycles. The molecule has 4 radical (unpaired) electrons. The molecule has 0 aliphatic carbocycles. The van der Waals surface area contributed by atoms with Crippen LogP contribution in [0.25, 0.3) is 0 Å². The summed E-state index contributed by atoms with van der Waals surface area (Å²) in [6, 6.07) is 6.77. The molecular formula is C56H88B2N4O25. The number of aromatic carboxylic acids is 4. The largest absolute Gasteiger partial charge is 0.478 e. The van der Waals surface area contributed by atoms with Gasteiger partial charge in [0.05, 0.1) is 77.0 Å². The Morgan fingerprint density at radius 3 is 0.966 bits per heavy atom. The normalized spacial score (nSPS) is 10.8. The second-order valence-corrected chi connectivity index (χ2v) is 22.3. The van der Waals surface area contributed by atoms with Gasteiger partial charge in [-0.25, -0.2) is 28.8 Å². The number of rotatable bonds is 22. The van der Waals surface area contributed by atoms with Crippen molar-refractivity contribution in [1.82, 2.24) is 0 Å². The maximum absolute atomic E-state index is 12.1. The molecule has 31 heteroatoms. The Morgan fingerprint density at radius 1 is 0.506 bits per heavy atom. The second kappa shape index (κ2) is 42.6. The van der Waals surface area contributed by atoms with Crippen LogP contribution < -0.4 is 11.1 Å².